The maximum atomic E-state index is 12.5. The van der Waals surface area contributed by atoms with Crippen LogP contribution in [0.3, 0.4) is 0 Å². The molecular formula is C19H25NO. The summed E-state index contributed by atoms with van der Waals surface area (Å²) in [5.74, 6) is 1.39. The number of benzene rings is 1. The quantitative estimate of drug-likeness (QED) is 0.772. The zero-order chi connectivity index (χ0) is 14.5. The third-order valence-corrected chi connectivity index (χ3v) is 4.91. The lowest BCUT2D eigenvalue weighted by Crippen LogP contribution is -2.42. The summed E-state index contributed by atoms with van der Waals surface area (Å²) in [7, 11) is 0. The SMILES string of the molecule is O=C([C@H]1CC=CCC1)N1CCC(Cc2ccccc2)CC1. The van der Waals surface area contributed by atoms with E-state index < -0.39 is 0 Å². The highest BCUT2D eigenvalue weighted by atomic mass is 16.2. The Kier molecular flexibility index (Phi) is 4.74. The third-order valence-electron chi connectivity index (χ3n) is 4.91. The first-order chi connectivity index (χ1) is 10.3. The Labute approximate surface area is 127 Å². The van der Waals surface area contributed by atoms with Crippen LogP contribution in [0, 0.1) is 11.8 Å². The van der Waals surface area contributed by atoms with Crippen molar-refractivity contribution in [1.29, 1.82) is 0 Å². The van der Waals surface area contributed by atoms with Crippen molar-refractivity contribution in [3.63, 3.8) is 0 Å². The van der Waals surface area contributed by atoms with Crippen LogP contribution in [0.5, 0.6) is 0 Å². The van der Waals surface area contributed by atoms with E-state index in [1.54, 1.807) is 0 Å². The highest BCUT2D eigenvalue weighted by molar-refractivity contribution is 5.79. The van der Waals surface area contributed by atoms with Gasteiger partial charge in [0.05, 0.1) is 0 Å². The van der Waals surface area contributed by atoms with Crippen molar-refractivity contribution < 1.29 is 4.79 Å². The molecule has 1 aliphatic carbocycles. The van der Waals surface area contributed by atoms with E-state index in [9.17, 15) is 4.79 Å². The number of rotatable bonds is 3. The minimum atomic E-state index is 0.251. The Morgan fingerprint density at radius 3 is 2.48 bits per heavy atom. The molecule has 0 saturated carbocycles. The molecule has 1 amide bonds. The minimum absolute atomic E-state index is 0.251. The summed E-state index contributed by atoms with van der Waals surface area (Å²) in [6.07, 6.45) is 10.9. The second-order valence-electron chi connectivity index (χ2n) is 6.44. The molecule has 0 spiro atoms. The van der Waals surface area contributed by atoms with Gasteiger partial charge in [0, 0.05) is 19.0 Å². The van der Waals surface area contributed by atoms with Crippen LogP contribution in [0.2, 0.25) is 0 Å². The molecule has 0 bridgehead atoms. The van der Waals surface area contributed by atoms with E-state index >= 15 is 0 Å². The fourth-order valence-electron chi connectivity index (χ4n) is 3.58. The number of piperidine rings is 1. The fraction of sp³-hybridized carbons (Fsp3) is 0.526. The predicted octanol–water partition coefficient (Wildman–Crippen LogP) is 3.82. The average molecular weight is 283 g/mol. The van der Waals surface area contributed by atoms with Crippen molar-refractivity contribution in [2.75, 3.05) is 13.1 Å². The molecule has 1 aromatic carbocycles. The molecule has 2 nitrogen and oxygen atoms in total. The molecule has 2 heteroatoms. The molecule has 0 unspecified atom stereocenters. The summed E-state index contributed by atoms with van der Waals surface area (Å²) in [6, 6.07) is 10.7. The first-order valence-corrected chi connectivity index (χ1v) is 8.30. The van der Waals surface area contributed by atoms with Crippen LogP contribution in [0.1, 0.15) is 37.7 Å². The molecule has 1 fully saturated rings. The Bertz CT molecular complexity index is 486. The van der Waals surface area contributed by atoms with E-state index in [1.807, 2.05) is 0 Å². The molecule has 0 N–H and O–H groups in total. The van der Waals surface area contributed by atoms with Crippen molar-refractivity contribution in [3.8, 4) is 0 Å². The maximum Gasteiger partial charge on any atom is 0.226 e. The van der Waals surface area contributed by atoms with Gasteiger partial charge < -0.3 is 4.90 Å². The van der Waals surface area contributed by atoms with Crippen LogP contribution >= 0.6 is 0 Å². The lowest BCUT2D eigenvalue weighted by atomic mass is 9.88. The first-order valence-electron chi connectivity index (χ1n) is 8.30. The zero-order valence-corrected chi connectivity index (χ0v) is 12.7. The van der Waals surface area contributed by atoms with Crippen LogP contribution in [-0.4, -0.2) is 23.9 Å². The zero-order valence-electron chi connectivity index (χ0n) is 12.7. The highest BCUT2D eigenvalue weighted by Gasteiger charge is 2.28. The lowest BCUT2D eigenvalue weighted by Gasteiger charge is -2.34. The van der Waals surface area contributed by atoms with Gasteiger partial charge in [-0.15, -0.1) is 0 Å². The van der Waals surface area contributed by atoms with Crippen LogP contribution < -0.4 is 0 Å². The van der Waals surface area contributed by atoms with Crippen LogP contribution in [0.25, 0.3) is 0 Å². The van der Waals surface area contributed by atoms with Gasteiger partial charge in [0.1, 0.15) is 0 Å². The lowest BCUT2D eigenvalue weighted by molar-refractivity contribution is -0.137. The monoisotopic (exact) mass is 283 g/mol. The number of nitrogens with zero attached hydrogens (tertiary/aromatic N) is 1. The number of hydrogen-bond donors (Lipinski definition) is 0. The molecule has 1 aromatic rings. The number of amides is 1. The molecule has 1 aliphatic heterocycles. The minimum Gasteiger partial charge on any atom is -0.342 e. The molecule has 0 radical (unpaired) electrons. The van der Waals surface area contributed by atoms with Crippen molar-refractivity contribution >= 4 is 5.91 Å². The Balaban J connectivity index is 1.48. The van der Waals surface area contributed by atoms with Crippen LogP contribution in [-0.2, 0) is 11.2 Å². The van der Waals surface area contributed by atoms with Gasteiger partial charge in [0.25, 0.3) is 0 Å². The summed E-state index contributed by atoms with van der Waals surface area (Å²) < 4.78 is 0. The van der Waals surface area contributed by atoms with E-state index in [2.05, 4.69) is 47.4 Å². The molecule has 2 aliphatic rings. The van der Waals surface area contributed by atoms with Gasteiger partial charge in [-0.2, -0.15) is 0 Å². The average Bonchev–Trinajstić information content (AvgIpc) is 2.57. The first kappa shape index (κ1) is 14.4. The van der Waals surface area contributed by atoms with Gasteiger partial charge in [-0.3, -0.25) is 4.79 Å². The Morgan fingerprint density at radius 1 is 1.05 bits per heavy atom. The largest absolute Gasteiger partial charge is 0.342 e. The van der Waals surface area contributed by atoms with E-state index in [4.69, 9.17) is 0 Å². The molecule has 112 valence electrons. The Morgan fingerprint density at radius 2 is 1.81 bits per heavy atom. The smallest absolute Gasteiger partial charge is 0.226 e. The van der Waals surface area contributed by atoms with Crippen molar-refractivity contribution in [3.05, 3.63) is 48.0 Å². The predicted molar refractivity (Wildman–Crippen MR) is 85.9 cm³/mol. The number of hydrogen-bond acceptors (Lipinski definition) is 1. The summed E-state index contributed by atoms with van der Waals surface area (Å²) in [4.78, 5) is 14.6. The van der Waals surface area contributed by atoms with Crippen molar-refractivity contribution in [2.45, 2.75) is 38.5 Å². The second-order valence-corrected chi connectivity index (χ2v) is 6.44. The summed E-state index contributed by atoms with van der Waals surface area (Å²) in [5.41, 5.74) is 1.43. The van der Waals surface area contributed by atoms with Gasteiger partial charge in [0.15, 0.2) is 0 Å². The molecule has 3 rings (SSSR count). The molecule has 21 heavy (non-hydrogen) atoms. The molecule has 1 saturated heterocycles. The van der Waals surface area contributed by atoms with E-state index in [0.29, 0.717) is 5.91 Å². The standard InChI is InChI=1S/C19H25NO/c21-19(18-9-5-2-6-10-18)20-13-11-17(12-14-20)15-16-7-3-1-4-8-16/h1-5,7-8,17-18H,6,9-15H2/t18-/m0/s1. The van der Waals surface area contributed by atoms with E-state index in [1.165, 1.54) is 5.56 Å². The number of carbonyl (C=O) groups excluding carboxylic acids is 1. The fourth-order valence-corrected chi connectivity index (χ4v) is 3.58. The van der Waals surface area contributed by atoms with Crippen LogP contribution in [0.4, 0.5) is 0 Å². The molecule has 0 aromatic heterocycles. The normalized spacial score (nSPS) is 23.2. The summed E-state index contributed by atoms with van der Waals surface area (Å²) in [5, 5.41) is 0. The van der Waals surface area contributed by atoms with Gasteiger partial charge >= 0.3 is 0 Å². The van der Waals surface area contributed by atoms with Crippen molar-refractivity contribution in [2.24, 2.45) is 11.8 Å². The van der Waals surface area contributed by atoms with E-state index in [0.717, 1.165) is 57.5 Å². The van der Waals surface area contributed by atoms with Gasteiger partial charge in [-0.05, 0) is 50.0 Å². The van der Waals surface area contributed by atoms with Gasteiger partial charge in [-0.1, -0.05) is 42.5 Å². The van der Waals surface area contributed by atoms with Gasteiger partial charge in [-0.25, -0.2) is 0 Å². The Hall–Kier alpha value is -1.57. The maximum absolute atomic E-state index is 12.5. The summed E-state index contributed by atoms with van der Waals surface area (Å²) in [6.45, 7) is 1.91. The number of carbonyl (C=O) groups is 1. The van der Waals surface area contributed by atoms with Crippen molar-refractivity contribution in [1.82, 2.24) is 4.90 Å². The van der Waals surface area contributed by atoms with Gasteiger partial charge in [0.2, 0.25) is 5.91 Å². The van der Waals surface area contributed by atoms with E-state index in [-0.39, 0.29) is 5.92 Å². The second kappa shape index (κ2) is 6.93. The molecule has 1 heterocycles. The van der Waals surface area contributed by atoms with Crippen LogP contribution in [0.15, 0.2) is 42.5 Å². The number of allylic oxidation sites excluding steroid dienone is 2. The summed E-state index contributed by atoms with van der Waals surface area (Å²) >= 11 is 0. The molecular weight excluding hydrogens is 258 g/mol. The topological polar surface area (TPSA) is 20.3 Å². The molecule has 1 atom stereocenters. The third kappa shape index (κ3) is 3.75. The number of likely N-dealkylation sites (tertiary alicyclic amines) is 1. The highest BCUT2D eigenvalue weighted by Crippen LogP contribution is 2.26.